The molecule has 5 rings (SSSR count). The van der Waals surface area contributed by atoms with Gasteiger partial charge in [-0.1, -0.05) is 45.4 Å². The molecule has 224 valence electrons. The average molecular weight is 599 g/mol. The number of aromatic nitrogens is 4. The summed E-state index contributed by atoms with van der Waals surface area (Å²) in [7, 11) is 0. The van der Waals surface area contributed by atoms with Crippen molar-refractivity contribution in [3.8, 4) is 0 Å². The molecule has 9 heteroatoms. The molecule has 4 N–H and O–H groups in total. The lowest BCUT2D eigenvalue weighted by Gasteiger charge is -2.10. The Kier molecular flexibility index (Phi) is 10.1. The fourth-order valence-corrected chi connectivity index (χ4v) is 6.49. The van der Waals surface area contributed by atoms with Crippen LogP contribution in [0.1, 0.15) is 92.2 Å². The third-order valence-corrected chi connectivity index (χ3v) is 8.94. The summed E-state index contributed by atoms with van der Waals surface area (Å²) in [6, 6.07) is 12.4. The summed E-state index contributed by atoms with van der Waals surface area (Å²) >= 11 is 1.07. The van der Waals surface area contributed by atoms with Crippen LogP contribution in [0.25, 0.3) is 46.4 Å². The minimum atomic E-state index is -1.15. The number of hydrogen-bond donors (Lipinski definition) is 4. The van der Waals surface area contributed by atoms with E-state index in [0.717, 1.165) is 63.6 Å². The topological polar surface area (TPSA) is 132 Å². The number of hydrogen-bond acceptors (Lipinski definition) is 5. The molecule has 0 spiro atoms. The van der Waals surface area contributed by atoms with E-state index in [0.29, 0.717) is 11.4 Å². The van der Waals surface area contributed by atoms with Gasteiger partial charge in [0.05, 0.1) is 29.2 Å². The van der Waals surface area contributed by atoms with Crippen molar-refractivity contribution < 1.29 is 19.8 Å². The Morgan fingerprint density at radius 2 is 1.33 bits per heavy atom. The van der Waals surface area contributed by atoms with Gasteiger partial charge in [-0.05, 0) is 79.1 Å². The minimum absolute atomic E-state index is 0.257. The van der Waals surface area contributed by atoms with Crippen LogP contribution in [0.4, 0.5) is 0 Å². The number of aryl methyl sites for hydroxylation is 1. The van der Waals surface area contributed by atoms with Gasteiger partial charge in [0.15, 0.2) is 0 Å². The molecular formula is C34H38N4O4S. The minimum Gasteiger partial charge on any atom is -0.481 e. The van der Waals surface area contributed by atoms with E-state index in [1.165, 1.54) is 44.1 Å². The number of H-pyrrole nitrogens is 2. The molecule has 8 nitrogen and oxygen atoms in total. The highest BCUT2D eigenvalue weighted by Gasteiger charge is 2.23. The molecule has 2 aliphatic heterocycles. The number of fused-ring (bicyclic) bond motifs is 8. The van der Waals surface area contributed by atoms with E-state index in [2.05, 4.69) is 41.2 Å². The molecule has 0 aliphatic carbocycles. The molecule has 0 amide bonds. The molecular weight excluding hydrogens is 560 g/mol. The Labute approximate surface area is 255 Å². The number of nitrogens with zero attached hydrogens (tertiary/aromatic N) is 2. The maximum Gasteiger partial charge on any atom is 0.317 e. The first-order valence-corrected chi connectivity index (χ1v) is 16.1. The van der Waals surface area contributed by atoms with Crippen molar-refractivity contribution in [3.63, 3.8) is 0 Å². The van der Waals surface area contributed by atoms with Crippen LogP contribution in [0.5, 0.6) is 0 Å². The number of thioether (sulfide) groups is 1. The summed E-state index contributed by atoms with van der Waals surface area (Å²) in [5.74, 6) is -2.04. The summed E-state index contributed by atoms with van der Waals surface area (Å²) in [5.41, 5.74) is 9.00. The van der Waals surface area contributed by atoms with Crippen molar-refractivity contribution in [3.05, 3.63) is 70.3 Å². The zero-order valence-corrected chi connectivity index (χ0v) is 25.3. The van der Waals surface area contributed by atoms with E-state index < -0.39 is 23.6 Å². The molecule has 0 fully saturated rings. The molecule has 0 saturated heterocycles. The predicted molar refractivity (Wildman–Crippen MR) is 176 cm³/mol. The zero-order chi connectivity index (χ0) is 30.2. The van der Waals surface area contributed by atoms with E-state index >= 15 is 0 Å². The first-order chi connectivity index (χ1) is 20.9. The highest BCUT2D eigenvalue weighted by atomic mass is 32.2. The molecule has 3 aromatic heterocycles. The summed E-state index contributed by atoms with van der Waals surface area (Å²) in [5, 5.41) is 17.7. The lowest BCUT2D eigenvalue weighted by atomic mass is 10.0. The van der Waals surface area contributed by atoms with E-state index in [-0.39, 0.29) is 5.75 Å². The number of carboxylic acids is 2. The predicted octanol–water partition coefficient (Wildman–Crippen LogP) is 8.11. The van der Waals surface area contributed by atoms with Crippen LogP contribution in [0.2, 0.25) is 0 Å². The number of nitrogens with one attached hydrogen (secondary N) is 2. The van der Waals surface area contributed by atoms with Gasteiger partial charge >= 0.3 is 11.9 Å². The van der Waals surface area contributed by atoms with Gasteiger partial charge in [0.2, 0.25) is 0 Å². The van der Waals surface area contributed by atoms with Gasteiger partial charge in [-0.3, -0.25) is 9.59 Å². The number of carboxylic acid groups (broad SMARTS) is 2. The van der Waals surface area contributed by atoms with Crippen LogP contribution >= 0.6 is 11.8 Å². The maximum absolute atomic E-state index is 11.7. The highest BCUT2D eigenvalue weighted by Crippen LogP contribution is 2.29. The summed E-state index contributed by atoms with van der Waals surface area (Å²) < 4.78 is 0. The SMILES string of the molecule is CCCCCCCCCc1c2ccc(cc3nc(c(CSC(CC(=O)O)C(=O)O)c4nc(cc5ccc1[nH]5)C=C4)C=C3)[nH]2. The van der Waals surface area contributed by atoms with Gasteiger partial charge in [-0.15, -0.1) is 11.8 Å². The Hall–Kier alpha value is -4.11. The molecule has 1 unspecified atom stereocenters. The van der Waals surface area contributed by atoms with Gasteiger partial charge in [-0.25, -0.2) is 9.97 Å². The van der Waals surface area contributed by atoms with Crippen molar-refractivity contribution in [1.29, 1.82) is 0 Å². The Morgan fingerprint density at radius 1 is 0.767 bits per heavy atom. The second-order valence-electron chi connectivity index (χ2n) is 11.0. The Morgan fingerprint density at radius 3 is 1.86 bits per heavy atom. The van der Waals surface area contributed by atoms with Crippen molar-refractivity contribution in [2.45, 2.75) is 75.7 Å². The smallest absolute Gasteiger partial charge is 0.317 e. The monoisotopic (exact) mass is 598 g/mol. The van der Waals surface area contributed by atoms with E-state index in [9.17, 15) is 19.8 Å². The van der Waals surface area contributed by atoms with Crippen molar-refractivity contribution in [1.82, 2.24) is 19.9 Å². The maximum atomic E-state index is 11.7. The van der Waals surface area contributed by atoms with Gasteiger partial charge in [0.1, 0.15) is 5.25 Å². The average Bonchev–Trinajstić information content (AvgIpc) is 3.79. The van der Waals surface area contributed by atoms with Crippen LogP contribution in [0, 0.1) is 0 Å². The summed E-state index contributed by atoms with van der Waals surface area (Å²) in [6.45, 7) is 2.25. The summed E-state index contributed by atoms with van der Waals surface area (Å²) in [6.07, 6.45) is 17.0. The normalized spacial score (nSPS) is 13.0. The molecule has 1 atom stereocenters. The third kappa shape index (κ3) is 8.04. The zero-order valence-electron chi connectivity index (χ0n) is 24.4. The van der Waals surface area contributed by atoms with E-state index in [1.54, 1.807) is 0 Å². The number of aliphatic carboxylic acids is 2. The Balaban J connectivity index is 1.54. The second-order valence-corrected chi connectivity index (χ2v) is 12.2. The largest absolute Gasteiger partial charge is 0.481 e. The third-order valence-electron chi connectivity index (χ3n) is 7.71. The van der Waals surface area contributed by atoms with Crippen molar-refractivity contribution in [2.75, 3.05) is 0 Å². The van der Waals surface area contributed by atoms with Gasteiger partial charge < -0.3 is 20.2 Å². The molecule has 43 heavy (non-hydrogen) atoms. The van der Waals surface area contributed by atoms with Crippen LogP contribution in [-0.4, -0.2) is 47.3 Å². The standard InChI is InChI=1S/C34H38N4O4S/c1-2-3-4-5-6-7-8-9-26-28-14-10-22(35-28)18-24-12-16-30(37-24)27(21-43-32(34(41)42)20-33(39)40)31-17-13-25(38-31)19-23-11-15-29(26)36-23/h10-19,32,35-36H,2-9,20-21H2,1H3,(H,39,40)(H,41,42). The Bertz CT molecular complexity index is 1610. The number of aromatic amines is 2. The van der Waals surface area contributed by atoms with Crippen molar-refractivity contribution >= 4 is 70.1 Å². The van der Waals surface area contributed by atoms with Crippen molar-refractivity contribution in [2.24, 2.45) is 0 Å². The first-order valence-electron chi connectivity index (χ1n) is 15.0. The first kappa shape index (κ1) is 30.4. The van der Waals surface area contributed by atoms with Crippen LogP contribution < -0.4 is 0 Å². The number of carbonyl (C=O) groups is 2. The van der Waals surface area contributed by atoms with Crippen LogP contribution in [0.3, 0.4) is 0 Å². The molecule has 0 aromatic carbocycles. The lowest BCUT2D eigenvalue weighted by molar-refractivity contribution is -0.142. The fourth-order valence-electron chi connectivity index (χ4n) is 5.43. The number of unbranched alkanes of at least 4 members (excludes halogenated alkanes) is 6. The molecule has 0 saturated carbocycles. The second kappa shape index (κ2) is 14.4. The quantitative estimate of drug-likeness (QED) is 0.0949. The highest BCUT2D eigenvalue weighted by molar-refractivity contribution is 7.99. The lowest BCUT2D eigenvalue weighted by Crippen LogP contribution is -2.20. The van der Waals surface area contributed by atoms with Gasteiger partial charge in [0, 0.05) is 33.4 Å². The summed E-state index contributed by atoms with van der Waals surface area (Å²) in [4.78, 5) is 39.8. The fraction of sp³-hybridized carbons (Fsp3) is 0.353. The molecule has 0 radical (unpaired) electrons. The molecule has 2 aliphatic rings. The van der Waals surface area contributed by atoms with E-state index in [4.69, 9.17) is 9.97 Å². The van der Waals surface area contributed by atoms with Gasteiger partial charge in [-0.2, -0.15) is 0 Å². The van der Waals surface area contributed by atoms with Crippen LogP contribution in [-0.2, 0) is 21.8 Å². The molecule has 5 heterocycles. The van der Waals surface area contributed by atoms with E-state index in [1.807, 2.05) is 36.4 Å². The number of rotatable bonds is 14. The molecule has 8 bridgehead atoms. The van der Waals surface area contributed by atoms with Crippen LogP contribution in [0.15, 0.2) is 36.4 Å². The molecule has 3 aromatic rings. The van der Waals surface area contributed by atoms with Gasteiger partial charge in [0.25, 0.3) is 0 Å².